The number of aromatic carboxylic acids is 1. The predicted octanol–water partition coefficient (Wildman–Crippen LogP) is 1.29. The van der Waals surface area contributed by atoms with Gasteiger partial charge < -0.3 is 10.2 Å². The number of alkyl halides is 2. The van der Waals surface area contributed by atoms with E-state index in [2.05, 4.69) is 0 Å². The molecule has 1 rings (SSSR count). The molecule has 0 radical (unpaired) electrons. The number of carbonyl (C=O) groups is 1. The molecular weight excluding hydrogens is 332 g/mol. The highest BCUT2D eigenvalue weighted by molar-refractivity contribution is 7.89. The molecule has 0 unspecified atom stereocenters. The summed E-state index contributed by atoms with van der Waals surface area (Å²) in [6, 6.07) is 2.84. The Bertz CT molecular complexity index is 650. The van der Waals surface area contributed by atoms with Gasteiger partial charge in [0.2, 0.25) is 10.0 Å². The van der Waals surface area contributed by atoms with Crippen molar-refractivity contribution in [1.82, 2.24) is 4.31 Å². The lowest BCUT2D eigenvalue weighted by Gasteiger charge is -2.22. The molecule has 0 heterocycles. The fourth-order valence-electron chi connectivity index (χ4n) is 1.47. The van der Waals surface area contributed by atoms with E-state index >= 15 is 0 Å². The van der Waals surface area contributed by atoms with Gasteiger partial charge in [0.05, 0.1) is 17.1 Å². The molecule has 1 aromatic rings. The zero-order valence-corrected chi connectivity index (χ0v) is 12.3. The lowest BCUT2D eigenvalue weighted by atomic mass is 10.2. The van der Waals surface area contributed by atoms with Crippen molar-refractivity contribution in [1.29, 1.82) is 0 Å². The monoisotopic (exact) mass is 343 g/mol. The van der Waals surface area contributed by atoms with Crippen LogP contribution in [0.1, 0.15) is 10.4 Å². The lowest BCUT2D eigenvalue weighted by Crippen LogP contribution is -2.40. The molecule has 0 aliphatic carbocycles. The fourth-order valence-corrected chi connectivity index (χ4v) is 3.18. The smallest absolute Gasteiger partial charge is 0.335 e. The summed E-state index contributed by atoms with van der Waals surface area (Å²) in [5.74, 6) is -4.91. The summed E-state index contributed by atoms with van der Waals surface area (Å²) in [5.41, 5.74) is -0.234. The highest BCUT2D eigenvalue weighted by atomic mass is 35.5. The van der Waals surface area contributed by atoms with Gasteiger partial charge in [0.25, 0.3) is 5.92 Å². The van der Waals surface area contributed by atoms with Crippen molar-refractivity contribution in [2.24, 2.45) is 0 Å². The molecule has 1 aromatic carbocycles. The maximum atomic E-state index is 13.1. The molecule has 0 aromatic heterocycles. The molecule has 118 valence electrons. The minimum absolute atomic E-state index is 0.234. The third-order valence-corrected chi connectivity index (χ3v) is 4.84. The summed E-state index contributed by atoms with van der Waals surface area (Å²) in [5, 5.41) is 16.8. The van der Waals surface area contributed by atoms with Gasteiger partial charge in [0.15, 0.2) is 0 Å². The Labute approximate surface area is 124 Å². The Hall–Kier alpha value is -1.29. The van der Waals surface area contributed by atoms with E-state index in [-0.39, 0.29) is 5.56 Å². The van der Waals surface area contributed by atoms with Crippen LogP contribution in [0.3, 0.4) is 0 Å². The van der Waals surface area contributed by atoms with Gasteiger partial charge in [-0.3, -0.25) is 0 Å². The largest absolute Gasteiger partial charge is 0.478 e. The molecule has 0 bridgehead atoms. The van der Waals surface area contributed by atoms with Crippen LogP contribution in [-0.4, -0.2) is 55.0 Å². The Morgan fingerprint density at radius 3 is 2.43 bits per heavy atom. The van der Waals surface area contributed by atoms with Crippen molar-refractivity contribution < 1.29 is 32.2 Å². The molecule has 0 saturated heterocycles. The van der Waals surface area contributed by atoms with Crippen molar-refractivity contribution >= 4 is 27.6 Å². The number of nitrogens with zero attached hydrogens (tertiary/aromatic N) is 1. The second-order valence-corrected chi connectivity index (χ2v) is 6.65. The number of carboxylic acids is 1. The maximum absolute atomic E-state index is 13.1. The molecule has 10 heteroatoms. The molecule has 0 aliphatic rings. The first kappa shape index (κ1) is 17.8. The van der Waals surface area contributed by atoms with E-state index in [9.17, 15) is 22.0 Å². The predicted molar refractivity (Wildman–Crippen MR) is 70.3 cm³/mol. The van der Waals surface area contributed by atoms with Crippen LogP contribution in [0, 0.1) is 0 Å². The second-order valence-electron chi connectivity index (χ2n) is 4.23. The number of halogens is 3. The van der Waals surface area contributed by atoms with Gasteiger partial charge >= 0.3 is 5.97 Å². The first-order chi connectivity index (χ1) is 9.51. The van der Waals surface area contributed by atoms with E-state index in [4.69, 9.17) is 21.8 Å². The minimum Gasteiger partial charge on any atom is -0.478 e. The average Bonchev–Trinajstić information content (AvgIpc) is 2.37. The molecule has 6 nitrogen and oxygen atoms in total. The van der Waals surface area contributed by atoms with Gasteiger partial charge in [-0.1, -0.05) is 11.6 Å². The number of benzene rings is 1. The Morgan fingerprint density at radius 1 is 1.43 bits per heavy atom. The summed E-state index contributed by atoms with van der Waals surface area (Å²) in [4.78, 5) is 10.2. The van der Waals surface area contributed by atoms with Crippen LogP contribution in [0.25, 0.3) is 0 Å². The fraction of sp³-hybridized carbons (Fsp3) is 0.364. The Morgan fingerprint density at radius 2 is 2.00 bits per heavy atom. The molecular formula is C11H12ClF2NO5S. The summed E-state index contributed by atoms with van der Waals surface area (Å²) < 4.78 is 50.7. The third-order valence-electron chi connectivity index (χ3n) is 2.55. The topological polar surface area (TPSA) is 94.9 Å². The Kier molecular flexibility index (Phi) is 5.26. The van der Waals surface area contributed by atoms with Crippen molar-refractivity contribution in [3.05, 3.63) is 28.8 Å². The zero-order valence-electron chi connectivity index (χ0n) is 10.8. The third kappa shape index (κ3) is 4.10. The van der Waals surface area contributed by atoms with Crippen molar-refractivity contribution in [3.8, 4) is 0 Å². The minimum atomic E-state index is -4.34. The number of sulfonamides is 1. The van der Waals surface area contributed by atoms with Gasteiger partial charge in [-0.2, -0.15) is 4.31 Å². The second kappa shape index (κ2) is 6.22. The van der Waals surface area contributed by atoms with E-state index < -0.39 is 45.0 Å². The zero-order chi connectivity index (χ0) is 16.4. The first-order valence-electron chi connectivity index (χ1n) is 5.49. The Balaban J connectivity index is 3.16. The highest BCUT2D eigenvalue weighted by Gasteiger charge is 2.35. The van der Waals surface area contributed by atoms with E-state index in [1.165, 1.54) is 0 Å². The van der Waals surface area contributed by atoms with Crippen LogP contribution in [0.15, 0.2) is 23.1 Å². The summed E-state index contributed by atoms with van der Waals surface area (Å²) in [6.07, 6.45) is 0. The van der Waals surface area contributed by atoms with Gasteiger partial charge in [-0.05, 0) is 18.2 Å². The van der Waals surface area contributed by atoms with Crippen LogP contribution in [0.2, 0.25) is 5.02 Å². The maximum Gasteiger partial charge on any atom is 0.335 e. The van der Waals surface area contributed by atoms with E-state index in [0.29, 0.717) is 4.31 Å². The number of hydrogen-bond donors (Lipinski definition) is 2. The van der Waals surface area contributed by atoms with Crippen molar-refractivity contribution in [3.63, 3.8) is 0 Å². The standard InChI is InChI=1S/C11H12ClF2NO5S/c1-15(5-11(13,14)6-16)21(19,20)9-3-2-7(10(17)18)4-8(9)12/h2-4,16H,5-6H2,1H3,(H,17,18). The highest BCUT2D eigenvalue weighted by Crippen LogP contribution is 2.27. The van der Waals surface area contributed by atoms with E-state index in [0.717, 1.165) is 25.2 Å². The van der Waals surface area contributed by atoms with Crippen LogP contribution in [-0.2, 0) is 10.0 Å². The summed E-state index contributed by atoms with van der Waals surface area (Å²) >= 11 is 5.70. The number of aliphatic hydroxyl groups is 1. The molecule has 0 aliphatic heterocycles. The molecule has 21 heavy (non-hydrogen) atoms. The summed E-state index contributed by atoms with van der Waals surface area (Å²) in [6.45, 7) is -2.73. The SMILES string of the molecule is CN(CC(F)(F)CO)S(=O)(=O)c1ccc(C(=O)O)cc1Cl. The van der Waals surface area contributed by atoms with Crippen LogP contribution >= 0.6 is 11.6 Å². The van der Waals surface area contributed by atoms with E-state index in [1.807, 2.05) is 0 Å². The quantitative estimate of drug-likeness (QED) is 0.811. The number of carboxylic acid groups (broad SMARTS) is 1. The van der Waals surface area contributed by atoms with Crippen LogP contribution in [0.5, 0.6) is 0 Å². The molecule has 0 fully saturated rings. The molecule has 0 amide bonds. The number of hydrogen-bond acceptors (Lipinski definition) is 4. The number of aliphatic hydroxyl groups excluding tert-OH is 1. The molecule has 0 spiro atoms. The van der Waals surface area contributed by atoms with Gasteiger partial charge in [0.1, 0.15) is 11.5 Å². The normalized spacial score (nSPS) is 12.7. The van der Waals surface area contributed by atoms with Crippen LogP contribution < -0.4 is 0 Å². The summed E-state index contributed by atoms with van der Waals surface area (Å²) in [7, 11) is -3.43. The number of rotatable bonds is 6. The van der Waals surface area contributed by atoms with Gasteiger partial charge in [0, 0.05) is 7.05 Å². The first-order valence-corrected chi connectivity index (χ1v) is 7.31. The molecule has 2 N–H and O–H groups in total. The van der Waals surface area contributed by atoms with Crippen molar-refractivity contribution in [2.75, 3.05) is 20.2 Å². The van der Waals surface area contributed by atoms with Crippen molar-refractivity contribution in [2.45, 2.75) is 10.8 Å². The van der Waals surface area contributed by atoms with Crippen LogP contribution in [0.4, 0.5) is 8.78 Å². The van der Waals surface area contributed by atoms with E-state index in [1.54, 1.807) is 0 Å². The van der Waals surface area contributed by atoms with Gasteiger partial charge in [-0.15, -0.1) is 0 Å². The molecule has 0 saturated carbocycles. The average molecular weight is 344 g/mol. The van der Waals surface area contributed by atoms with Gasteiger partial charge in [-0.25, -0.2) is 22.0 Å². The lowest BCUT2D eigenvalue weighted by molar-refractivity contribution is -0.0578. The molecule has 0 atom stereocenters.